The van der Waals surface area contributed by atoms with Crippen molar-refractivity contribution in [3.8, 4) is 0 Å². The van der Waals surface area contributed by atoms with E-state index in [1.807, 2.05) is 6.92 Å². The number of tetrazole rings is 1. The van der Waals surface area contributed by atoms with Crippen molar-refractivity contribution in [3.05, 3.63) is 29.7 Å². The van der Waals surface area contributed by atoms with E-state index in [9.17, 15) is 13.6 Å². The van der Waals surface area contributed by atoms with Gasteiger partial charge in [0.1, 0.15) is 5.03 Å². The first-order chi connectivity index (χ1) is 10.6. The molecule has 2 heterocycles. The van der Waals surface area contributed by atoms with Crippen molar-refractivity contribution in [3.63, 3.8) is 0 Å². The molecular formula is C12H13F2N5O2S. The summed E-state index contributed by atoms with van der Waals surface area (Å²) in [7, 11) is 0. The molecule has 2 aromatic rings. The molecule has 0 atom stereocenters. The summed E-state index contributed by atoms with van der Waals surface area (Å²) in [5, 5.41) is 10.9. The monoisotopic (exact) mass is 329 g/mol. The number of pyridine rings is 1. The summed E-state index contributed by atoms with van der Waals surface area (Å²) in [5.41, 5.74) is -0.0117. The zero-order valence-corrected chi connectivity index (χ0v) is 12.5. The van der Waals surface area contributed by atoms with E-state index in [4.69, 9.17) is 4.74 Å². The number of hydrogen-bond donors (Lipinski definition) is 0. The van der Waals surface area contributed by atoms with Crippen LogP contribution < -0.4 is 0 Å². The Morgan fingerprint density at radius 1 is 1.50 bits per heavy atom. The van der Waals surface area contributed by atoms with Crippen molar-refractivity contribution in [1.29, 1.82) is 0 Å². The van der Waals surface area contributed by atoms with Crippen LogP contribution in [0.25, 0.3) is 0 Å². The van der Waals surface area contributed by atoms with Gasteiger partial charge in [0.15, 0.2) is 12.4 Å². The summed E-state index contributed by atoms with van der Waals surface area (Å²) in [6.45, 7) is 2.42. The van der Waals surface area contributed by atoms with Crippen LogP contribution in [0, 0.1) is 0 Å². The number of aromatic nitrogens is 5. The Labute approximate surface area is 129 Å². The van der Waals surface area contributed by atoms with Crippen molar-refractivity contribution in [2.45, 2.75) is 37.3 Å². The number of hydrogen-bond acceptors (Lipinski definition) is 7. The molecule has 0 amide bonds. The maximum absolute atomic E-state index is 12.5. The summed E-state index contributed by atoms with van der Waals surface area (Å²) in [6, 6.07) is 2.86. The normalized spacial score (nSPS) is 10.9. The van der Waals surface area contributed by atoms with Gasteiger partial charge in [-0.25, -0.2) is 14.5 Å². The predicted molar refractivity (Wildman–Crippen MR) is 73.3 cm³/mol. The summed E-state index contributed by atoms with van der Waals surface area (Å²) in [5.74, 6) is -3.03. The Morgan fingerprint density at radius 3 is 3.05 bits per heavy atom. The van der Waals surface area contributed by atoms with E-state index in [0.29, 0.717) is 12.4 Å². The molecule has 0 aromatic carbocycles. The highest BCUT2D eigenvalue weighted by molar-refractivity contribution is 7.99. The van der Waals surface area contributed by atoms with Crippen LogP contribution in [-0.2, 0) is 17.9 Å². The van der Waals surface area contributed by atoms with E-state index >= 15 is 0 Å². The van der Waals surface area contributed by atoms with Gasteiger partial charge in [0, 0.05) is 12.7 Å². The Bertz CT molecular complexity index is 637. The van der Waals surface area contributed by atoms with Gasteiger partial charge in [-0.15, -0.1) is 5.10 Å². The lowest BCUT2D eigenvalue weighted by molar-refractivity contribution is 0.0451. The third-order valence-electron chi connectivity index (χ3n) is 2.57. The van der Waals surface area contributed by atoms with Crippen LogP contribution in [0.3, 0.4) is 0 Å². The quantitative estimate of drug-likeness (QED) is 0.568. The highest BCUT2D eigenvalue weighted by atomic mass is 32.2. The van der Waals surface area contributed by atoms with E-state index in [1.54, 1.807) is 0 Å². The molecule has 0 aliphatic heterocycles. The molecule has 0 fully saturated rings. The summed E-state index contributed by atoms with van der Waals surface area (Å²) < 4.78 is 31.5. The standard InChI is InChI=1S/C12H13F2N5O2S/c1-2-6-19-9(16-17-18-19)7-21-11(20)8-4-3-5-15-10(8)22-12(13)14/h3-5,12H,2,6-7H2,1H3. The highest BCUT2D eigenvalue weighted by Gasteiger charge is 2.18. The number of thioether (sulfide) groups is 1. The smallest absolute Gasteiger partial charge is 0.341 e. The summed E-state index contributed by atoms with van der Waals surface area (Å²) in [4.78, 5) is 15.8. The number of esters is 1. The molecular weight excluding hydrogens is 316 g/mol. The van der Waals surface area contributed by atoms with Crippen LogP contribution in [0.2, 0.25) is 0 Å². The average molecular weight is 329 g/mol. The number of aryl methyl sites for hydroxylation is 1. The fourth-order valence-corrected chi connectivity index (χ4v) is 2.21. The van der Waals surface area contributed by atoms with Crippen LogP contribution in [0.15, 0.2) is 23.4 Å². The van der Waals surface area contributed by atoms with Crippen LogP contribution >= 0.6 is 11.8 Å². The number of nitrogens with zero attached hydrogens (tertiary/aromatic N) is 5. The Balaban J connectivity index is 2.05. The lowest BCUT2D eigenvalue weighted by Crippen LogP contribution is -2.12. The maximum atomic E-state index is 12.5. The van der Waals surface area contributed by atoms with Crippen molar-refractivity contribution in [1.82, 2.24) is 25.2 Å². The largest absolute Gasteiger partial charge is 0.454 e. The van der Waals surface area contributed by atoms with E-state index in [-0.39, 0.29) is 29.0 Å². The second kappa shape index (κ2) is 7.78. The second-order valence-corrected chi connectivity index (χ2v) is 5.11. The van der Waals surface area contributed by atoms with Crippen molar-refractivity contribution >= 4 is 17.7 Å². The van der Waals surface area contributed by atoms with Crippen LogP contribution in [0.4, 0.5) is 8.78 Å². The third kappa shape index (κ3) is 4.20. The molecule has 0 saturated carbocycles. The van der Waals surface area contributed by atoms with Gasteiger partial charge < -0.3 is 4.74 Å². The minimum atomic E-state index is -2.67. The lowest BCUT2D eigenvalue weighted by Gasteiger charge is -2.08. The third-order valence-corrected chi connectivity index (χ3v) is 3.29. The minimum absolute atomic E-state index is 0.0117. The zero-order chi connectivity index (χ0) is 15.9. The van der Waals surface area contributed by atoms with Gasteiger partial charge in [-0.05, 0) is 40.7 Å². The number of alkyl halides is 2. The van der Waals surface area contributed by atoms with Crippen LogP contribution in [0.5, 0.6) is 0 Å². The van der Waals surface area contributed by atoms with E-state index in [2.05, 4.69) is 20.5 Å². The summed E-state index contributed by atoms with van der Waals surface area (Å²) >= 11 is 0.197. The van der Waals surface area contributed by atoms with Gasteiger partial charge in [-0.1, -0.05) is 6.92 Å². The molecule has 0 radical (unpaired) electrons. The molecule has 0 aliphatic rings. The molecule has 0 unspecified atom stereocenters. The fourth-order valence-electron chi connectivity index (χ4n) is 1.64. The number of carbonyl (C=O) groups is 1. The molecule has 0 saturated heterocycles. The van der Waals surface area contributed by atoms with Gasteiger partial charge in [-0.3, -0.25) is 0 Å². The molecule has 0 aliphatic carbocycles. The molecule has 2 aromatic heterocycles. The molecule has 0 N–H and O–H groups in total. The van der Waals surface area contributed by atoms with Gasteiger partial charge in [0.25, 0.3) is 5.76 Å². The lowest BCUT2D eigenvalue weighted by atomic mass is 10.3. The molecule has 10 heteroatoms. The topological polar surface area (TPSA) is 82.8 Å². The number of halogens is 2. The first-order valence-electron chi connectivity index (χ1n) is 6.43. The zero-order valence-electron chi connectivity index (χ0n) is 11.6. The number of ether oxygens (including phenoxy) is 1. The van der Waals surface area contributed by atoms with Gasteiger partial charge in [-0.2, -0.15) is 8.78 Å². The predicted octanol–water partition coefficient (Wildman–Crippen LogP) is 2.15. The van der Waals surface area contributed by atoms with Crippen LogP contribution in [-0.4, -0.2) is 36.9 Å². The Morgan fingerprint density at radius 2 is 2.32 bits per heavy atom. The summed E-state index contributed by atoms with van der Waals surface area (Å²) in [6.07, 6.45) is 2.16. The fraction of sp³-hybridized carbons (Fsp3) is 0.417. The first kappa shape index (κ1) is 16.3. The van der Waals surface area contributed by atoms with E-state index in [0.717, 1.165) is 6.42 Å². The molecule has 2 rings (SSSR count). The highest BCUT2D eigenvalue weighted by Crippen LogP contribution is 2.26. The maximum Gasteiger partial charge on any atom is 0.341 e. The van der Waals surface area contributed by atoms with Crippen molar-refractivity contribution in [2.24, 2.45) is 0 Å². The second-order valence-electron chi connectivity index (χ2n) is 4.13. The number of carbonyl (C=O) groups excluding carboxylic acids is 1. The number of rotatable bonds is 7. The van der Waals surface area contributed by atoms with Gasteiger partial charge >= 0.3 is 5.97 Å². The molecule has 0 bridgehead atoms. The minimum Gasteiger partial charge on any atom is -0.454 e. The Hall–Kier alpha value is -2.10. The molecule has 7 nitrogen and oxygen atoms in total. The van der Waals surface area contributed by atoms with Crippen molar-refractivity contribution < 1.29 is 18.3 Å². The molecule has 22 heavy (non-hydrogen) atoms. The first-order valence-corrected chi connectivity index (χ1v) is 7.31. The molecule has 118 valence electrons. The van der Waals surface area contributed by atoms with Crippen molar-refractivity contribution in [2.75, 3.05) is 0 Å². The average Bonchev–Trinajstić information content (AvgIpc) is 2.92. The SMILES string of the molecule is CCCn1nnnc1COC(=O)c1cccnc1SC(F)F. The van der Waals surface area contributed by atoms with Crippen LogP contribution in [0.1, 0.15) is 29.5 Å². The van der Waals surface area contributed by atoms with E-state index in [1.165, 1.54) is 23.0 Å². The van der Waals surface area contributed by atoms with E-state index < -0.39 is 11.7 Å². The Kier molecular flexibility index (Phi) is 5.75. The molecule has 0 spiro atoms. The van der Waals surface area contributed by atoms with Gasteiger partial charge in [0.2, 0.25) is 0 Å². The van der Waals surface area contributed by atoms with Gasteiger partial charge in [0.05, 0.1) is 5.56 Å².